The molecule has 1 aliphatic carbocycles. The molecule has 0 amide bonds. The van der Waals surface area contributed by atoms with Crippen molar-refractivity contribution in [3.63, 3.8) is 0 Å². The molecule has 0 aromatic heterocycles. The van der Waals surface area contributed by atoms with Crippen LogP contribution in [-0.2, 0) is 4.74 Å². The number of hydrogen-bond donors (Lipinski definition) is 1. The van der Waals surface area contributed by atoms with Crippen LogP contribution < -0.4 is 5.32 Å². The third-order valence-electron chi connectivity index (χ3n) is 4.25. The van der Waals surface area contributed by atoms with E-state index in [2.05, 4.69) is 39.9 Å². The number of ether oxygens (including phenoxy) is 1. The monoisotopic (exact) mass is 239 g/mol. The molecule has 1 N–H and O–H groups in total. The zero-order valence-corrected chi connectivity index (χ0v) is 12.2. The fourth-order valence-electron chi connectivity index (χ4n) is 4.41. The normalized spacial score (nSPS) is 34.8. The lowest BCUT2D eigenvalue weighted by molar-refractivity contribution is -0.198. The van der Waals surface area contributed by atoms with E-state index in [-0.39, 0.29) is 5.72 Å². The molecular formula is C15H29NO. The summed E-state index contributed by atoms with van der Waals surface area (Å²) in [5.41, 5.74) is 0.707. The third kappa shape index (κ3) is 3.03. The van der Waals surface area contributed by atoms with Crippen molar-refractivity contribution in [1.29, 1.82) is 0 Å². The fraction of sp³-hybridized carbons (Fsp3) is 1.00. The van der Waals surface area contributed by atoms with Gasteiger partial charge in [0.15, 0.2) is 0 Å². The molecule has 2 heteroatoms. The Morgan fingerprint density at radius 1 is 1.06 bits per heavy atom. The van der Waals surface area contributed by atoms with Crippen molar-refractivity contribution in [3.05, 3.63) is 0 Å². The Morgan fingerprint density at radius 3 is 2.18 bits per heavy atom. The van der Waals surface area contributed by atoms with Crippen LogP contribution in [0, 0.1) is 10.8 Å². The highest BCUT2D eigenvalue weighted by Gasteiger charge is 2.49. The van der Waals surface area contributed by atoms with Gasteiger partial charge in [0.05, 0.1) is 6.10 Å². The van der Waals surface area contributed by atoms with Gasteiger partial charge in [0.25, 0.3) is 0 Å². The molecule has 2 fully saturated rings. The van der Waals surface area contributed by atoms with Gasteiger partial charge in [-0.1, -0.05) is 34.6 Å². The number of hydrogen-bond acceptors (Lipinski definition) is 2. The smallest absolute Gasteiger partial charge is 0.120 e. The highest BCUT2D eigenvalue weighted by Crippen LogP contribution is 2.51. The molecule has 0 aromatic carbocycles. The molecule has 2 rings (SSSR count). The molecule has 1 unspecified atom stereocenters. The summed E-state index contributed by atoms with van der Waals surface area (Å²) in [5, 5.41) is 3.69. The summed E-state index contributed by atoms with van der Waals surface area (Å²) in [4.78, 5) is 0. The number of nitrogens with one attached hydrogen (secondary N) is 1. The Kier molecular flexibility index (Phi) is 3.33. The molecule has 2 aliphatic rings. The standard InChI is InChI=1S/C15H29NO/c1-6-12-7-8-16-15(17-12)10-13(2,3)9-14(4,5)11-15/h12,16H,6-11H2,1-5H3. The van der Waals surface area contributed by atoms with Crippen molar-refractivity contribution in [2.75, 3.05) is 6.54 Å². The first-order valence-corrected chi connectivity index (χ1v) is 7.19. The van der Waals surface area contributed by atoms with Crippen LogP contribution in [0.25, 0.3) is 0 Å². The first-order chi connectivity index (χ1) is 7.76. The van der Waals surface area contributed by atoms with Crippen LogP contribution in [0.15, 0.2) is 0 Å². The van der Waals surface area contributed by atoms with E-state index in [1.165, 1.54) is 12.8 Å². The minimum atomic E-state index is -0.0514. The van der Waals surface area contributed by atoms with E-state index in [1.807, 2.05) is 0 Å². The van der Waals surface area contributed by atoms with Crippen LogP contribution in [0.3, 0.4) is 0 Å². The Morgan fingerprint density at radius 2 is 1.65 bits per heavy atom. The first-order valence-electron chi connectivity index (χ1n) is 7.19. The fourth-order valence-corrected chi connectivity index (χ4v) is 4.41. The summed E-state index contributed by atoms with van der Waals surface area (Å²) in [6, 6.07) is 0. The van der Waals surface area contributed by atoms with E-state index >= 15 is 0 Å². The molecular weight excluding hydrogens is 210 g/mol. The predicted octanol–water partition coefficient (Wildman–Crippen LogP) is 3.71. The average Bonchev–Trinajstić information content (AvgIpc) is 2.11. The summed E-state index contributed by atoms with van der Waals surface area (Å²) in [6.45, 7) is 12.9. The molecule has 0 aromatic rings. The highest BCUT2D eigenvalue weighted by atomic mass is 16.5. The van der Waals surface area contributed by atoms with E-state index < -0.39 is 0 Å². The van der Waals surface area contributed by atoms with Gasteiger partial charge in [-0.2, -0.15) is 0 Å². The van der Waals surface area contributed by atoms with Gasteiger partial charge in [-0.25, -0.2) is 0 Å². The van der Waals surface area contributed by atoms with Crippen molar-refractivity contribution in [1.82, 2.24) is 5.32 Å². The molecule has 100 valence electrons. The van der Waals surface area contributed by atoms with Crippen molar-refractivity contribution in [2.45, 2.75) is 78.6 Å². The predicted molar refractivity (Wildman–Crippen MR) is 71.9 cm³/mol. The Balaban J connectivity index is 2.18. The van der Waals surface area contributed by atoms with Gasteiger partial charge in [0.1, 0.15) is 5.72 Å². The number of rotatable bonds is 1. The maximum Gasteiger partial charge on any atom is 0.120 e. The maximum atomic E-state index is 6.42. The van der Waals surface area contributed by atoms with E-state index in [0.717, 1.165) is 25.8 Å². The van der Waals surface area contributed by atoms with Crippen LogP contribution >= 0.6 is 0 Å². The van der Waals surface area contributed by atoms with Gasteiger partial charge < -0.3 is 4.74 Å². The lowest BCUT2D eigenvalue weighted by Crippen LogP contribution is -2.61. The zero-order chi connectivity index (χ0) is 12.7. The molecule has 1 atom stereocenters. The van der Waals surface area contributed by atoms with Gasteiger partial charge >= 0.3 is 0 Å². The summed E-state index contributed by atoms with van der Waals surface area (Å²) in [6.07, 6.45) is 6.37. The Bertz CT molecular complexity index is 267. The molecule has 0 bridgehead atoms. The quantitative estimate of drug-likeness (QED) is 0.753. The van der Waals surface area contributed by atoms with Gasteiger partial charge in [0.2, 0.25) is 0 Å². The van der Waals surface area contributed by atoms with Crippen LogP contribution in [-0.4, -0.2) is 18.4 Å². The second kappa shape index (κ2) is 4.24. The molecule has 1 spiro atoms. The van der Waals surface area contributed by atoms with E-state index in [1.54, 1.807) is 0 Å². The van der Waals surface area contributed by atoms with E-state index in [4.69, 9.17) is 4.74 Å². The SMILES string of the molecule is CCC1CCNC2(CC(C)(C)CC(C)(C)C2)O1. The largest absolute Gasteiger partial charge is 0.357 e. The van der Waals surface area contributed by atoms with Crippen molar-refractivity contribution < 1.29 is 4.74 Å². The Hall–Kier alpha value is -0.0800. The topological polar surface area (TPSA) is 21.3 Å². The lowest BCUT2D eigenvalue weighted by Gasteiger charge is -2.54. The van der Waals surface area contributed by atoms with Crippen LogP contribution in [0.4, 0.5) is 0 Å². The summed E-state index contributed by atoms with van der Waals surface area (Å²) in [5.74, 6) is 0. The van der Waals surface area contributed by atoms with Gasteiger partial charge in [-0.15, -0.1) is 0 Å². The van der Waals surface area contributed by atoms with E-state index in [0.29, 0.717) is 16.9 Å². The van der Waals surface area contributed by atoms with Crippen LogP contribution in [0.5, 0.6) is 0 Å². The second-order valence-corrected chi connectivity index (χ2v) is 7.72. The first kappa shape index (κ1) is 13.4. The molecule has 2 nitrogen and oxygen atoms in total. The van der Waals surface area contributed by atoms with Gasteiger partial charge in [0, 0.05) is 6.54 Å². The van der Waals surface area contributed by atoms with Gasteiger partial charge in [-0.05, 0) is 42.9 Å². The molecule has 1 heterocycles. The molecule has 0 radical (unpaired) electrons. The molecule has 1 aliphatic heterocycles. The zero-order valence-electron chi connectivity index (χ0n) is 12.2. The lowest BCUT2D eigenvalue weighted by atomic mass is 9.62. The van der Waals surface area contributed by atoms with Crippen LogP contribution in [0.2, 0.25) is 0 Å². The van der Waals surface area contributed by atoms with Gasteiger partial charge in [-0.3, -0.25) is 5.32 Å². The minimum absolute atomic E-state index is 0.0514. The summed E-state index contributed by atoms with van der Waals surface area (Å²) >= 11 is 0. The summed E-state index contributed by atoms with van der Waals surface area (Å²) in [7, 11) is 0. The third-order valence-corrected chi connectivity index (χ3v) is 4.25. The second-order valence-electron chi connectivity index (χ2n) is 7.72. The molecule has 1 saturated carbocycles. The Labute approximate surface area is 107 Å². The van der Waals surface area contributed by atoms with E-state index in [9.17, 15) is 0 Å². The molecule has 17 heavy (non-hydrogen) atoms. The summed E-state index contributed by atoms with van der Waals surface area (Å²) < 4.78 is 6.42. The van der Waals surface area contributed by atoms with Crippen LogP contribution in [0.1, 0.15) is 66.7 Å². The van der Waals surface area contributed by atoms with Crippen molar-refractivity contribution in [2.24, 2.45) is 10.8 Å². The average molecular weight is 239 g/mol. The highest BCUT2D eigenvalue weighted by molar-refractivity contribution is 4.99. The van der Waals surface area contributed by atoms with Crippen molar-refractivity contribution in [3.8, 4) is 0 Å². The maximum absolute atomic E-state index is 6.42. The molecule has 1 saturated heterocycles. The van der Waals surface area contributed by atoms with Crippen molar-refractivity contribution >= 4 is 0 Å². The minimum Gasteiger partial charge on any atom is -0.357 e.